The van der Waals surface area contributed by atoms with Crippen LogP contribution in [0.5, 0.6) is 0 Å². The second-order valence-electron chi connectivity index (χ2n) is 4.30. The van der Waals surface area contributed by atoms with E-state index in [4.69, 9.17) is 5.73 Å². The van der Waals surface area contributed by atoms with Crippen molar-refractivity contribution < 1.29 is 4.79 Å². The van der Waals surface area contributed by atoms with Crippen LogP contribution in [0.3, 0.4) is 0 Å². The number of hydrogen-bond acceptors (Lipinski definition) is 4. The van der Waals surface area contributed by atoms with Gasteiger partial charge in [0.1, 0.15) is 12.2 Å². The Bertz CT molecular complexity index is 375. The van der Waals surface area contributed by atoms with Crippen molar-refractivity contribution in [1.82, 2.24) is 20.1 Å². The van der Waals surface area contributed by atoms with Crippen LogP contribution in [0.25, 0.3) is 0 Å². The third-order valence-electron chi connectivity index (χ3n) is 3.13. The van der Waals surface area contributed by atoms with Crippen LogP contribution >= 0.6 is 0 Å². The van der Waals surface area contributed by atoms with Crippen molar-refractivity contribution in [1.29, 1.82) is 0 Å². The molecule has 0 spiro atoms. The van der Waals surface area contributed by atoms with E-state index in [9.17, 15) is 4.79 Å². The number of carbonyl (C=O) groups is 1. The minimum absolute atomic E-state index is 0.188. The largest absolute Gasteiger partial charge is 0.368 e. The average molecular weight is 223 g/mol. The fourth-order valence-corrected chi connectivity index (χ4v) is 2.16. The number of piperidine rings is 1. The molecule has 6 heteroatoms. The van der Waals surface area contributed by atoms with E-state index in [-0.39, 0.29) is 11.9 Å². The molecule has 1 aromatic rings. The molecule has 0 saturated carbocycles. The van der Waals surface area contributed by atoms with Crippen molar-refractivity contribution in [3.63, 3.8) is 0 Å². The molecule has 88 valence electrons. The lowest BCUT2D eigenvalue weighted by Gasteiger charge is -2.28. The lowest BCUT2D eigenvalue weighted by atomic mass is 9.89. The third-order valence-corrected chi connectivity index (χ3v) is 3.13. The molecule has 1 amide bonds. The van der Waals surface area contributed by atoms with Crippen molar-refractivity contribution in [2.45, 2.75) is 25.3 Å². The number of nitrogens with zero attached hydrogens (tertiary/aromatic N) is 3. The fraction of sp³-hybridized carbons (Fsp3) is 0.700. The number of hydrogen-bond donors (Lipinski definition) is 2. The summed E-state index contributed by atoms with van der Waals surface area (Å²) in [5.41, 5.74) is 5.30. The highest BCUT2D eigenvalue weighted by atomic mass is 16.1. The van der Waals surface area contributed by atoms with E-state index in [1.54, 1.807) is 11.0 Å². The summed E-state index contributed by atoms with van der Waals surface area (Å²) in [5, 5.41) is 7.16. The number of primary amides is 1. The van der Waals surface area contributed by atoms with Gasteiger partial charge in [-0.05, 0) is 25.3 Å². The smallest absolute Gasteiger partial charge is 0.234 e. The van der Waals surface area contributed by atoms with Crippen molar-refractivity contribution in [3.8, 4) is 0 Å². The maximum absolute atomic E-state index is 11.1. The SMILES string of the molecule is Cn1ncnc1CC1CCNC(C(N)=O)C1. The molecule has 0 radical (unpaired) electrons. The van der Waals surface area contributed by atoms with E-state index < -0.39 is 0 Å². The minimum atomic E-state index is -0.261. The van der Waals surface area contributed by atoms with Crippen molar-refractivity contribution in [2.75, 3.05) is 6.54 Å². The molecule has 1 aromatic heterocycles. The van der Waals surface area contributed by atoms with Gasteiger partial charge in [-0.3, -0.25) is 9.48 Å². The van der Waals surface area contributed by atoms with Gasteiger partial charge in [0, 0.05) is 13.5 Å². The number of aromatic nitrogens is 3. The Labute approximate surface area is 94.2 Å². The molecule has 0 aliphatic carbocycles. The number of nitrogens with one attached hydrogen (secondary N) is 1. The van der Waals surface area contributed by atoms with E-state index in [1.165, 1.54) is 0 Å². The Balaban J connectivity index is 1.95. The van der Waals surface area contributed by atoms with Crippen LogP contribution in [0.2, 0.25) is 0 Å². The van der Waals surface area contributed by atoms with Crippen LogP contribution in [-0.4, -0.2) is 33.3 Å². The van der Waals surface area contributed by atoms with Crippen molar-refractivity contribution in [2.24, 2.45) is 18.7 Å². The molecule has 2 rings (SSSR count). The normalized spacial score (nSPS) is 25.6. The summed E-state index contributed by atoms with van der Waals surface area (Å²) in [5.74, 6) is 1.17. The quantitative estimate of drug-likeness (QED) is 0.703. The van der Waals surface area contributed by atoms with Gasteiger partial charge in [-0.1, -0.05) is 0 Å². The Hall–Kier alpha value is -1.43. The first-order chi connectivity index (χ1) is 7.66. The molecule has 1 aliphatic heterocycles. The summed E-state index contributed by atoms with van der Waals surface area (Å²) in [6, 6.07) is -0.188. The zero-order chi connectivity index (χ0) is 11.5. The number of amides is 1. The maximum Gasteiger partial charge on any atom is 0.234 e. The maximum atomic E-state index is 11.1. The molecule has 6 nitrogen and oxygen atoms in total. The van der Waals surface area contributed by atoms with Crippen LogP contribution in [0.4, 0.5) is 0 Å². The van der Waals surface area contributed by atoms with Gasteiger partial charge in [-0.15, -0.1) is 0 Å². The topological polar surface area (TPSA) is 85.8 Å². The monoisotopic (exact) mass is 223 g/mol. The summed E-state index contributed by atoms with van der Waals surface area (Å²) >= 11 is 0. The van der Waals surface area contributed by atoms with Gasteiger partial charge in [0.25, 0.3) is 0 Å². The Kier molecular flexibility index (Phi) is 3.19. The van der Waals surface area contributed by atoms with E-state index in [0.29, 0.717) is 5.92 Å². The van der Waals surface area contributed by atoms with Crippen LogP contribution in [-0.2, 0) is 18.3 Å². The van der Waals surface area contributed by atoms with Gasteiger partial charge in [0.2, 0.25) is 5.91 Å². The number of nitrogens with two attached hydrogens (primary N) is 1. The molecular formula is C10H17N5O. The van der Waals surface area contributed by atoms with E-state index in [1.807, 2.05) is 7.05 Å². The zero-order valence-corrected chi connectivity index (χ0v) is 9.39. The Morgan fingerprint density at radius 1 is 1.75 bits per heavy atom. The molecule has 2 atom stereocenters. The first-order valence-electron chi connectivity index (χ1n) is 5.52. The molecule has 0 bridgehead atoms. The van der Waals surface area contributed by atoms with Crippen LogP contribution in [0, 0.1) is 5.92 Å². The first-order valence-corrected chi connectivity index (χ1v) is 5.52. The van der Waals surface area contributed by atoms with Gasteiger partial charge < -0.3 is 11.1 Å². The van der Waals surface area contributed by atoms with Gasteiger partial charge in [-0.25, -0.2) is 4.98 Å². The number of carbonyl (C=O) groups excluding carboxylic acids is 1. The van der Waals surface area contributed by atoms with Crippen LogP contribution in [0.15, 0.2) is 6.33 Å². The molecule has 1 saturated heterocycles. The minimum Gasteiger partial charge on any atom is -0.368 e. The number of aryl methyl sites for hydroxylation is 1. The highest BCUT2D eigenvalue weighted by Gasteiger charge is 2.26. The molecule has 3 N–H and O–H groups in total. The Morgan fingerprint density at radius 2 is 2.56 bits per heavy atom. The third kappa shape index (κ3) is 2.38. The van der Waals surface area contributed by atoms with Crippen molar-refractivity contribution in [3.05, 3.63) is 12.2 Å². The predicted molar refractivity (Wildman–Crippen MR) is 58.4 cm³/mol. The van der Waals surface area contributed by atoms with Gasteiger partial charge >= 0.3 is 0 Å². The van der Waals surface area contributed by atoms with E-state index in [2.05, 4.69) is 15.4 Å². The standard InChI is InChI=1S/C10H17N5O/c1-15-9(13-6-14-15)5-7-2-3-12-8(4-7)10(11)16/h6-8,12H,2-5H2,1H3,(H2,11,16). The predicted octanol–water partition coefficient (Wildman–Crippen LogP) is -0.789. The molecule has 0 aromatic carbocycles. The number of rotatable bonds is 3. The molecule has 2 heterocycles. The van der Waals surface area contributed by atoms with Crippen LogP contribution in [0.1, 0.15) is 18.7 Å². The second kappa shape index (κ2) is 4.61. The highest BCUT2D eigenvalue weighted by Crippen LogP contribution is 2.19. The van der Waals surface area contributed by atoms with E-state index >= 15 is 0 Å². The molecule has 16 heavy (non-hydrogen) atoms. The molecular weight excluding hydrogens is 206 g/mol. The Morgan fingerprint density at radius 3 is 3.19 bits per heavy atom. The summed E-state index contributed by atoms with van der Waals surface area (Å²) in [7, 11) is 1.88. The summed E-state index contributed by atoms with van der Waals surface area (Å²) < 4.78 is 1.78. The zero-order valence-electron chi connectivity index (χ0n) is 9.39. The molecule has 1 fully saturated rings. The van der Waals surface area contributed by atoms with Gasteiger partial charge in [0.05, 0.1) is 6.04 Å². The first kappa shape index (κ1) is 11.1. The van der Waals surface area contributed by atoms with Crippen LogP contribution < -0.4 is 11.1 Å². The van der Waals surface area contributed by atoms with Gasteiger partial charge in [0.15, 0.2) is 0 Å². The average Bonchev–Trinajstić information content (AvgIpc) is 2.65. The van der Waals surface area contributed by atoms with Crippen molar-refractivity contribution >= 4 is 5.91 Å². The second-order valence-corrected chi connectivity index (χ2v) is 4.30. The lowest BCUT2D eigenvalue weighted by molar-refractivity contribution is -0.120. The van der Waals surface area contributed by atoms with E-state index in [0.717, 1.165) is 31.6 Å². The summed E-state index contributed by atoms with van der Waals surface area (Å²) in [6.07, 6.45) is 4.27. The van der Waals surface area contributed by atoms with Gasteiger partial charge in [-0.2, -0.15) is 5.10 Å². The molecule has 1 aliphatic rings. The lowest BCUT2D eigenvalue weighted by Crippen LogP contribution is -2.47. The summed E-state index contributed by atoms with van der Waals surface area (Å²) in [6.45, 7) is 0.843. The fourth-order valence-electron chi connectivity index (χ4n) is 2.16. The highest BCUT2D eigenvalue weighted by molar-refractivity contribution is 5.79. The molecule has 2 unspecified atom stereocenters. The summed E-state index contributed by atoms with van der Waals surface area (Å²) in [4.78, 5) is 15.3.